The Bertz CT molecular complexity index is 1030. The van der Waals surface area contributed by atoms with Crippen molar-refractivity contribution in [2.45, 2.75) is 6.29 Å². The lowest BCUT2D eigenvalue weighted by atomic mass is 10.2. The quantitative estimate of drug-likeness (QED) is 0.685. The van der Waals surface area contributed by atoms with Crippen molar-refractivity contribution in [3.05, 3.63) is 48.5 Å². The van der Waals surface area contributed by atoms with Gasteiger partial charge in [-0.05, 0) is 24.3 Å². The second-order valence-corrected chi connectivity index (χ2v) is 7.33. The molecule has 3 aliphatic heterocycles. The van der Waals surface area contributed by atoms with Crippen LogP contribution in [0.2, 0.25) is 0 Å². The largest absolute Gasteiger partial charge is 0.486 e. The second kappa shape index (κ2) is 7.80. The Kier molecular flexibility index (Phi) is 4.83. The van der Waals surface area contributed by atoms with E-state index in [9.17, 15) is 14.4 Å². The van der Waals surface area contributed by atoms with Gasteiger partial charge >= 0.3 is 11.8 Å². The first-order chi connectivity index (χ1) is 15.1. The molecule has 10 nitrogen and oxygen atoms in total. The number of anilines is 2. The van der Waals surface area contributed by atoms with Crippen LogP contribution in [0.5, 0.6) is 11.5 Å². The molecule has 0 aliphatic carbocycles. The van der Waals surface area contributed by atoms with Gasteiger partial charge in [0.1, 0.15) is 19.8 Å². The normalized spacial score (nSPS) is 20.0. The van der Waals surface area contributed by atoms with E-state index < -0.39 is 24.0 Å². The SMILES string of the molecule is O=C(CN1NC2N(CCN2c2ccccc2)C(=O)C1=O)Nc1ccc2c(c1)OCCO2. The summed E-state index contributed by atoms with van der Waals surface area (Å²) in [4.78, 5) is 41.2. The van der Waals surface area contributed by atoms with Gasteiger partial charge in [0.2, 0.25) is 5.91 Å². The molecule has 1 unspecified atom stereocenters. The summed E-state index contributed by atoms with van der Waals surface area (Å²) in [6, 6.07) is 14.7. The van der Waals surface area contributed by atoms with E-state index in [0.717, 1.165) is 10.7 Å². The maximum absolute atomic E-state index is 12.6. The van der Waals surface area contributed by atoms with E-state index in [-0.39, 0.29) is 6.54 Å². The molecule has 2 saturated heterocycles. The standard InChI is InChI=1S/C21H21N5O5/c27-18(22-14-6-7-16-17(12-14)31-11-10-30-16)13-26-20(29)19(28)25-9-8-24(21(25)23-26)15-4-2-1-3-5-15/h1-7,12,21,23H,8-11,13H2,(H,22,27). The van der Waals surface area contributed by atoms with Gasteiger partial charge in [-0.25, -0.2) is 0 Å². The summed E-state index contributed by atoms with van der Waals surface area (Å²) in [7, 11) is 0. The summed E-state index contributed by atoms with van der Waals surface area (Å²) in [5.41, 5.74) is 4.45. The summed E-state index contributed by atoms with van der Waals surface area (Å²) in [6.45, 7) is 1.61. The molecule has 2 N–H and O–H groups in total. The molecule has 1 atom stereocenters. The summed E-state index contributed by atoms with van der Waals surface area (Å²) in [5.74, 6) is -0.669. The summed E-state index contributed by atoms with van der Waals surface area (Å²) in [6.07, 6.45) is -0.533. The number of amides is 3. The van der Waals surface area contributed by atoms with Crippen molar-refractivity contribution in [1.82, 2.24) is 15.3 Å². The van der Waals surface area contributed by atoms with Gasteiger partial charge in [0.05, 0.1) is 0 Å². The van der Waals surface area contributed by atoms with Crippen LogP contribution in [0, 0.1) is 0 Å². The molecule has 2 aromatic carbocycles. The number of fused-ring (bicyclic) bond motifs is 2. The van der Waals surface area contributed by atoms with Crippen molar-refractivity contribution in [3.63, 3.8) is 0 Å². The van der Waals surface area contributed by atoms with E-state index in [4.69, 9.17) is 9.47 Å². The Morgan fingerprint density at radius 1 is 0.968 bits per heavy atom. The smallest absolute Gasteiger partial charge is 0.326 e. The number of hydrogen-bond acceptors (Lipinski definition) is 7. The number of nitrogens with one attached hydrogen (secondary N) is 2. The first-order valence-electron chi connectivity index (χ1n) is 10.00. The van der Waals surface area contributed by atoms with Crippen LogP contribution < -0.4 is 25.1 Å². The number of hydrogen-bond donors (Lipinski definition) is 2. The van der Waals surface area contributed by atoms with E-state index >= 15 is 0 Å². The Labute approximate surface area is 178 Å². The van der Waals surface area contributed by atoms with Gasteiger partial charge in [0.25, 0.3) is 0 Å². The zero-order valence-corrected chi connectivity index (χ0v) is 16.6. The molecule has 0 spiro atoms. The molecule has 0 aromatic heterocycles. The molecule has 3 amide bonds. The van der Waals surface area contributed by atoms with Crippen molar-refractivity contribution >= 4 is 29.1 Å². The van der Waals surface area contributed by atoms with Gasteiger partial charge in [-0.1, -0.05) is 18.2 Å². The predicted molar refractivity (Wildman–Crippen MR) is 110 cm³/mol. The maximum Gasteiger partial charge on any atom is 0.326 e. The van der Waals surface area contributed by atoms with Crippen LogP contribution in [0.3, 0.4) is 0 Å². The molecule has 2 aromatic rings. The highest BCUT2D eigenvalue weighted by Gasteiger charge is 2.45. The molecule has 31 heavy (non-hydrogen) atoms. The number of carbonyl (C=O) groups excluding carboxylic acids is 3. The van der Waals surface area contributed by atoms with Crippen LogP contribution in [0.25, 0.3) is 0 Å². The van der Waals surface area contributed by atoms with Crippen LogP contribution in [0.15, 0.2) is 48.5 Å². The highest BCUT2D eigenvalue weighted by atomic mass is 16.6. The highest BCUT2D eigenvalue weighted by molar-refractivity contribution is 6.35. The monoisotopic (exact) mass is 423 g/mol. The molecular formula is C21H21N5O5. The molecule has 5 rings (SSSR count). The highest BCUT2D eigenvalue weighted by Crippen LogP contribution is 2.32. The van der Waals surface area contributed by atoms with Gasteiger partial charge in [-0.3, -0.25) is 24.3 Å². The Morgan fingerprint density at radius 2 is 1.71 bits per heavy atom. The van der Waals surface area contributed by atoms with Crippen molar-refractivity contribution in [2.24, 2.45) is 0 Å². The number of ether oxygens (including phenoxy) is 2. The lowest BCUT2D eigenvalue weighted by molar-refractivity contribution is -0.163. The van der Waals surface area contributed by atoms with Crippen molar-refractivity contribution < 1.29 is 23.9 Å². The third kappa shape index (κ3) is 3.61. The lowest BCUT2D eigenvalue weighted by Gasteiger charge is -2.40. The fourth-order valence-electron chi connectivity index (χ4n) is 3.89. The van der Waals surface area contributed by atoms with E-state index in [1.54, 1.807) is 18.2 Å². The van der Waals surface area contributed by atoms with E-state index in [0.29, 0.717) is 43.5 Å². The molecule has 3 aliphatic rings. The minimum atomic E-state index is -0.761. The molecule has 3 heterocycles. The third-order valence-electron chi connectivity index (χ3n) is 5.35. The minimum Gasteiger partial charge on any atom is -0.486 e. The van der Waals surface area contributed by atoms with Crippen LogP contribution in [-0.2, 0) is 14.4 Å². The van der Waals surface area contributed by atoms with E-state index in [2.05, 4.69) is 10.7 Å². The van der Waals surface area contributed by atoms with Crippen LogP contribution in [-0.4, -0.2) is 66.8 Å². The van der Waals surface area contributed by atoms with E-state index in [1.165, 1.54) is 4.90 Å². The van der Waals surface area contributed by atoms with Gasteiger partial charge in [-0.15, -0.1) is 0 Å². The van der Waals surface area contributed by atoms with Crippen molar-refractivity contribution in [1.29, 1.82) is 0 Å². The van der Waals surface area contributed by atoms with Crippen molar-refractivity contribution in [2.75, 3.05) is 43.1 Å². The maximum atomic E-state index is 12.6. The molecule has 0 saturated carbocycles. The fraction of sp³-hybridized carbons (Fsp3) is 0.286. The summed E-state index contributed by atoms with van der Waals surface area (Å²) in [5, 5.41) is 3.80. The van der Waals surface area contributed by atoms with Gasteiger partial charge in [0.15, 0.2) is 17.8 Å². The third-order valence-corrected chi connectivity index (χ3v) is 5.35. The minimum absolute atomic E-state index is 0.314. The number of benzene rings is 2. The number of carbonyl (C=O) groups is 3. The number of nitrogens with zero attached hydrogens (tertiary/aromatic N) is 3. The first-order valence-corrected chi connectivity index (χ1v) is 10.00. The second-order valence-electron chi connectivity index (χ2n) is 7.33. The first kappa shape index (κ1) is 19.2. The van der Waals surface area contributed by atoms with Crippen LogP contribution in [0.1, 0.15) is 0 Å². The van der Waals surface area contributed by atoms with E-state index in [1.807, 2.05) is 35.2 Å². The molecule has 10 heteroatoms. The molecule has 160 valence electrons. The lowest BCUT2D eigenvalue weighted by Crippen LogP contribution is -2.68. The van der Waals surface area contributed by atoms with Gasteiger partial charge < -0.3 is 19.7 Å². The van der Waals surface area contributed by atoms with Crippen LogP contribution in [0.4, 0.5) is 11.4 Å². The predicted octanol–water partition coefficient (Wildman–Crippen LogP) is 0.375. The summed E-state index contributed by atoms with van der Waals surface area (Å²) < 4.78 is 11.0. The topological polar surface area (TPSA) is 103 Å². The summed E-state index contributed by atoms with van der Waals surface area (Å²) >= 11 is 0. The Hall–Kier alpha value is -3.79. The average molecular weight is 423 g/mol. The number of para-hydroxylation sites is 1. The average Bonchev–Trinajstić information content (AvgIpc) is 3.21. The molecular weight excluding hydrogens is 402 g/mol. The zero-order valence-electron chi connectivity index (χ0n) is 16.6. The Morgan fingerprint density at radius 3 is 2.52 bits per heavy atom. The molecule has 0 bridgehead atoms. The van der Waals surface area contributed by atoms with Crippen LogP contribution >= 0.6 is 0 Å². The molecule has 0 radical (unpaired) electrons. The Balaban J connectivity index is 1.28. The zero-order chi connectivity index (χ0) is 21.4. The molecule has 2 fully saturated rings. The number of rotatable bonds is 4. The van der Waals surface area contributed by atoms with Crippen molar-refractivity contribution in [3.8, 4) is 11.5 Å². The fourth-order valence-corrected chi connectivity index (χ4v) is 3.89. The number of hydrazine groups is 1. The van der Waals surface area contributed by atoms with Gasteiger partial charge in [-0.2, -0.15) is 5.43 Å². The van der Waals surface area contributed by atoms with Gasteiger partial charge in [0, 0.05) is 30.5 Å².